The first kappa shape index (κ1) is 15.7. The Balaban J connectivity index is 1.88. The summed E-state index contributed by atoms with van der Waals surface area (Å²) >= 11 is 0. The van der Waals surface area contributed by atoms with Crippen molar-refractivity contribution in [3.05, 3.63) is 41.7 Å². The normalized spacial score (nSPS) is 21.4. The number of nitrogens with two attached hydrogens (primary N) is 1. The minimum Gasteiger partial charge on any atom is -0.451 e. The molecule has 2 atom stereocenters. The van der Waals surface area contributed by atoms with Crippen LogP contribution in [0.1, 0.15) is 49.2 Å². The Bertz CT molecular complexity index is 710. The number of rotatable bonds is 2. The second-order valence-electron chi connectivity index (χ2n) is 6.58. The van der Waals surface area contributed by atoms with E-state index in [0.29, 0.717) is 11.5 Å². The van der Waals surface area contributed by atoms with Gasteiger partial charge in [-0.05, 0) is 75.9 Å². The van der Waals surface area contributed by atoms with Crippen LogP contribution in [0, 0.1) is 6.92 Å². The molecule has 23 heavy (non-hydrogen) atoms. The lowest BCUT2D eigenvalue weighted by Crippen LogP contribution is -2.47. The van der Waals surface area contributed by atoms with Gasteiger partial charge in [-0.25, -0.2) is 0 Å². The molecule has 2 heterocycles. The van der Waals surface area contributed by atoms with Crippen LogP contribution in [-0.2, 0) is 0 Å². The largest absolute Gasteiger partial charge is 0.451 e. The lowest BCUT2D eigenvalue weighted by atomic mass is 9.97. The van der Waals surface area contributed by atoms with Gasteiger partial charge in [-0.15, -0.1) is 0 Å². The first-order valence-electron chi connectivity index (χ1n) is 8.26. The molecule has 0 bridgehead atoms. The molecule has 4 heteroatoms. The van der Waals surface area contributed by atoms with Crippen molar-refractivity contribution >= 4 is 11.6 Å². The van der Waals surface area contributed by atoms with Gasteiger partial charge in [0, 0.05) is 23.3 Å². The minimum absolute atomic E-state index is 0.0101. The molecule has 4 nitrogen and oxygen atoms in total. The van der Waals surface area contributed by atoms with E-state index in [9.17, 15) is 4.79 Å². The van der Waals surface area contributed by atoms with E-state index < -0.39 is 0 Å². The van der Waals surface area contributed by atoms with E-state index in [4.69, 9.17) is 10.2 Å². The second kappa shape index (κ2) is 6.11. The Labute approximate surface area is 137 Å². The van der Waals surface area contributed by atoms with Crippen molar-refractivity contribution < 1.29 is 9.21 Å². The number of piperidine rings is 1. The maximum absolute atomic E-state index is 12.8. The fourth-order valence-electron chi connectivity index (χ4n) is 3.51. The Hall–Kier alpha value is -2.23. The SMILES string of the molecule is Cc1cc(N)ccc1-c1ccc(C(=O)N2[C@H](C)CCC[C@H]2C)o1. The molecule has 1 aromatic carbocycles. The summed E-state index contributed by atoms with van der Waals surface area (Å²) in [6.45, 7) is 6.22. The van der Waals surface area contributed by atoms with Crippen molar-refractivity contribution in [1.82, 2.24) is 4.90 Å². The fourth-order valence-corrected chi connectivity index (χ4v) is 3.51. The summed E-state index contributed by atoms with van der Waals surface area (Å²) in [6, 6.07) is 9.86. The molecule has 1 aliphatic rings. The van der Waals surface area contributed by atoms with Crippen molar-refractivity contribution in [3.63, 3.8) is 0 Å². The first-order chi connectivity index (χ1) is 11.0. The number of aryl methyl sites for hydroxylation is 1. The third kappa shape index (κ3) is 2.98. The number of benzene rings is 1. The monoisotopic (exact) mass is 312 g/mol. The zero-order valence-corrected chi connectivity index (χ0v) is 14.0. The van der Waals surface area contributed by atoms with Crippen molar-refractivity contribution in [1.29, 1.82) is 0 Å². The maximum atomic E-state index is 12.8. The van der Waals surface area contributed by atoms with Crippen LogP contribution < -0.4 is 5.73 Å². The number of hydrogen-bond acceptors (Lipinski definition) is 3. The van der Waals surface area contributed by atoms with Gasteiger partial charge in [0.1, 0.15) is 5.76 Å². The summed E-state index contributed by atoms with van der Waals surface area (Å²) in [7, 11) is 0. The molecule has 0 saturated carbocycles. The molecule has 1 amide bonds. The molecule has 3 rings (SSSR count). The Morgan fingerprint density at radius 2 is 1.87 bits per heavy atom. The summed E-state index contributed by atoms with van der Waals surface area (Å²) in [4.78, 5) is 14.8. The lowest BCUT2D eigenvalue weighted by Gasteiger charge is -2.38. The number of carbonyl (C=O) groups excluding carboxylic acids is 1. The van der Waals surface area contributed by atoms with E-state index in [1.165, 1.54) is 6.42 Å². The second-order valence-corrected chi connectivity index (χ2v) is 6.58. The van der Waals surface area contributed by atoms with Crippen LogP contribution in [-0.4, -0.2) is 22.9 Å². The van der Waals surface area contributed by atoms with Gasteiger partial charge < -0.3 is 15.1 Å². The Morgan fingerprint density at radius 3 is 2.52 bits per heavy atom. The van der Waals surface area contributed by atoms with E-state index in [1.54, 1.807) is 6.07 Å². The number of nitrogens with zero attached hydrogens (tertiary/aromatic N) is 1. The van der Waals surface area contributed by atoms with Crippen molar-refractivity contribution in [2.24, 2.45) is 0 Å². The van der Waals surface area contributed by atoms with E-state index in [-0.39, 0.29) is 18.0 Å². The van der Waals surface area contributed by atoms with Gasteiger partial charge in [-0.3, -0.25) is 4.79 Å². The molecule has 0 aliphatic carbocycles. The number of anilines is 1. The molecule has 2 N–H and O–H groups in total. The molecule has 0 radical (unpaired) electrons. The van der Waals surface area contributed by atoms with Gasteiger partial charge >= 0.3 is 0 Å². The maximum Gasteiger partial charge on any atom is 0.290 e. The van der Waals surface area contributed by atoms with Crippen LogP contribution in [0.25, 0.3) is 11.3 Å². The van der Waals surface area contributed by atoms with E-state index >= 15 is 0 Å². The molecular weight excluding hydrogens is 288 g/mol. The summed E-state index contributed by atoms with van der Waals surface area (Å²) in [6.07, 6.45) is 3.29. The van der Waals surface area contributed by atoms with E-state index in [2.05, 4.69) is 13.8 Å². The number of likely N-dealkylation sites (tertiary alicyclic amines) is 1. The standard InChI is InChI=1S/C19H24N2O2/c1-12-11-15(20)7-8-16(12)17-9-10-18(23-17)19(22)21-13(2)5-4-6-14(21)3/h7-11,13-14H,4-6,20H2,1-3H3/t13-,14-/m1/s1. The Kier molecular flexibility index (Phi) is 4.16. The Morgan fingerprint density at radius 1 is 1.17 bits per heavy atom. The molecule has 1 fully saturated rings. The highest BCUT2D eigenvalue weighted by atomic mass is 16.4. The van der Waals surface area contributed by atoms with Crippen LogP contribution in [0.3, 0.4) is 0 Å². The topological polar surface area (TPSA) is 59.5 Å². The van der Waals surface area contributed by atoms with Gasteiger partial charge in [0.25, 0.3) is 5.91 Å². The summed E-state index contributed by atoms with van der Waals surface area (Å²) in [5.74, 6) is 1.11. The first-order valence-corrected chi connectivity index (χ1v) is 8.26. The molecular formula is C19H24N2O2. The fraction of sp³-hybridized carbons (Fsp3) is 0.421. The number of hydrogen-bond donors (Lipinski definition) is 1. The van der Waals surface area contributed by atoms with Crippen LogP contribution in [0.4, 0.5) is 5.69 Å². The van der Waals surface area contributed by atoms with Crippen molar-refractivity contribution in [2.75, 3.05) is 5.73 Å². The van der Waals surface area contributed by atoms with Gasteiger partial charge in [0.05, 0.1) is 0 Å². The van der Waals surface area contributed by atoms with Crippen LogP contribution in [0.15, 0.2) is 34.7 Å². The van der Waals surface area contributed by atoms with E-state index in [1.807, 2.05) is 36.1 Å². The van der Waals surface area contributed by atoms with Crippen LogP contribution in [0.5, 0.6) is 0 Å². The molecule has 0 spiro atoms. The molecule has 0 unspecified atom stereocenters. The predicted octanol–water partition coefficient (Wildman–Crippen LogP) is 4.24. The number of nitrogen functional groups attached to an aromatic ring is 1. The average molecular weight is 312 g/mol. The molecule has 1 aromatic heterocycles. The number of furan rings is 1. The highest BCUT2D eigenvalue weighted by Crippen LogP contribution is 2.29. The highest BCUT2D eigenvalue weighted by Gasteiger charge is 2.31. The zero-order chi connectivity index (χ0) is 16.6. The van der Waals surface area contributed by atoms with Gasteiger partial charge in [0.15, 0.2) is 5.76 Å². The van der Waals surface area contributed by atoms with Crippen molar-refractivity contribution in [2.45, 2.75) is 52.1 Å². The lowest BCUT2D eigenvalue weighted by molar-refractivity contribution is 0.0479. The summed E-state index contributed by atoms with van der Waals surface area (Å²) < 4.78 is 5.87. The van der Waals surface area contributed by atoms with E-state index in [0.717, 1.165) is 29.7 Å². The summed E-state index contributed by atoms with van der Waals surface area (Å²) in [5.41, 5.74) is 8.53. The quantitative estimate of drug-likeness (QED) is 0.844. The minimum atomic E-state index is -0.0101. The third-order valence-corrected chi connectivity index (χ3v) is 4.76. The summed E-state index contributed by atoms with van der Waals surface area (Å²) in [5, 5.41) is 0. The van der Waals surface area contributed by atoms with Gasteiger partial charge in [-0.2, -0.15) is 0 Å². The van der Waals surface area contributed by atoms with Crippen LogP contribution >= 0.6 is 0 Å². The molecule has 122 valence electrons. The van der Waals surface area contributed by atoms with Gasteiger partial charge in [0.2, 0.25) is 0 Å². The number of carbonyl (C=O) groups is 1. The molecule has 1 saturated heterocycles. The number of amides is 1. The van der Waals surface area contributed by atoms with Gasteiger partial charge in [-0.1, -0.05) is 0 Å². The zero-order valence-electron chi connectivity index (χ0n) is 14.0. The predicted molar refractivity (Wildman–Crippen MR) is 92.2 cm³/mol. The van der Waals surface area contributed by atoms with Crippen molar-refractivity contribution in [3.8, 4) is 11.3 Å². The molecule has 1 aliphatic heterocycles. The van der Waals surface area contributed by atoms with Crippen LogP contribution in [0.2, 0.25) is 0 Å². The molecule has 2 aromatic rings. The third-order valence-electron chi connectivity index (χ3n) is 4.76. The smallest absolute Gasteiger partial charge is 0.290 e. The average Bonchev–Trinajstić information content (AvgIpc) is 2.96. The highest BCUT2D eigenvalue weighted by molar-refractivity contribution is 5.92.